The first kappa shape index (κ1) is 19.6. The number of carbonyl (C=O) groups is 3. The molecule has 2 aromatic rings. The van der Waals surface area contributed by atoms with E-state index in [0.29, 0.717) is 17.4 Å². The van der Waals surface area contributed by atoms with E-state index in [4.69, 9.17) is 0 Å². The molecule has 28 heavy (non-hydrogen) atoms. The van der Waals surface area contributed by atoms with Crippen molar-refractivity contribution in [3.63, 3.8) is 0 Å². The van der Waals surface area contributed by atoms with Gasteiger partial charge in [-0.3, -0.25) is 14.4 Å². The fourth-order valence-corrected chi connectivity index (χ4v) is 3.09. The van der Waals surface area contributed by atoms with Crippen molar-refractivity contribution in [1.29, 1.82) is 0 Å². The fraction of sp³-hybridized carbons (Fsp3) is 0.250. The van der Waals surface area contributed by atoms with Crippen LogP contribution in [-0.2, 0) is 6.18 Å². The van der Waals surface area contributed by atoms with Crippen LogP contribution in [0.3, 0.4) is 0 Å². The van der Waals surface area contributed by atoms with Crippen LogP contribution in [0.4, 0.5) is 13.2 Å². The average molecular weight is 390 g/mol. The number of aldehydes is 1. The maximum absolute atomic E-state index is 13.1. The van der Waals surface area contributed by atoms with Crippen molar-refractivity contribution in [3.05, 3.63) is 70.8 Å². The van der Waals surface area contributed by atoms with Crippen LogP contribution in [0.1, 0.15) is 36.6 Å². The average Bonchev–Trinajstić information content (AvgIpc) is 2.72. The second kappa shape index (κ2) is 7.84. The molecule has 3 rings (SSSR count). The van der Waals surface area contributed by atoms with E-state index in [1.807, 2.05) is 0 Å². The first-order chi connectivity index (χ1) is 13.3. The van der Waals surface area contributed by atoms with Crippen molar-refractivity contribution in [2.75, 3.05) is 26.2 Å². The molecule has 0 saturated carbocycles. The van der Waals surface area contributed by atoms with Crippen molar-refractivity contribution in [2.24, 2.45) is 0 Å². The molecule has 0 spiro atoms. The summed E-state index contributed by atoms with van der Waals surface area (Å²) in [6.07, 6.45) is -3.94. The van der Waals surface area contributed by atoms with Crippen LogP contribution in [0.2, 0.25) is 0 Å². The number of alkyl halides is 3. The minimum Gasteiger partial charge on any atom is -0.335 e. The molecule has 1 heterocycles. The van der Waals surface area contributed by atoms with E-state index in [9.17, 15) is 27.6 Å². The quantitative estimate of drug-likeness (QED) is 0.757. The van der Waals surface area contributed by atoms with Gasteiger partial charge in [0.1, 0.15) is 6.29 Å². The third-order valence-corrected chi connectivity index (χ3v) is 4.61. The molecule has 1 saturated heterocycles. The first-order valence-electron chi connectivity index (χ1n) is 8.61. The maximum atomic E-state index is 13.1. The monoisotopic (exact) mass is 390 g/mol. The number of amides is 2. The lowest BCUT2D eigenvalue weighted by Gasteiger charge is -2.35. The van der Waals surface area contributed by atoms with Crippen LogP contribution in [0.15, 0.2) is 48.5 Å². The highest BCUT2D eigenvalue weighted by Gasteiger charge is 2.36. The zero-order chi connectivity index (χ0) is 20.3. The van der Waals surface area contributed by atoms with E-state index in [-0.39, 0.29) is 37.6 Å². The molecule has 0 radical (unpaired) electrons. The summed E-state index contributed by atoms with van der Waals surface area (Å²) in [7, 11) is 0. The van der Waals surface area contributed by atoms with Crippen LogP contribution >= 0.6 is 0 Å². The second-order valence-electron chi connectivity index (χ2n) is 6.37. The summed E-state index contributed by atoms with van der Waals surface area (Å²) in [6.45, 7) is 0.717. The van der Waals surface area contributed by atoms with Crippen molar-refractivity contribution in [1.82, 2.24) is 9.80 Å². The number of halogens is 3. The predicted molar refractivity (Wildman–Crippen MR) is 95.1 cm³/mol. The molecular formula is C20H17F3N2O3. The normalized spacial score (nSPS) is 14.7. The Labute approximate surface area is 159 Å². The fourth-order valence-electron chi connectivity index (χ4n) is 3.09. The molecule has 2 aromatic carbocycles. The lowest BCUT2D eigenvalue weighted by Crippen LogP contribution is -2.50. The van der Waals surface area contributed by atoms with E-state index < -0.39 is 17.6 Å². The zero-order valence-electron chi connectivity index (χ0n) is 14.8. The number of piperazine rings is 1. The highest BCUT2D eigenvalue weighted by atomic mass is 19.4. The summed E-state index contributed by atoms with van der Waals surface area (Å²) < 4.78 is 39.4. The number of hydrogen-bond acceptors (Lipinski definition) is 3. The summed E-state index contributed by atoms with van der Waals surface area (Å²) in [5.41, 5.74) is -0.490. The highest BCUT2D eigenvalue weighted by molar-refractivity contribution is 5.97. The topological polar surface area (TPSA) is 57.7 Å². The molecule has 1 aliphatic heterocycles. The highest BCUT2D eigenvalue weighted by Crippen LogP contribution is 2.32. The minimum atomic E-state index is -4.61. The predicted octanol–water partition coefficient (Wildman–Crippen LogP) is 3.12. The van der Waals surface area contributed by atoms with Gasteiger partial charge in [-0.2, -0.15) is 13.2 Å². The number of nitrogens with zero attached hydrogens (tertiary/aromatic N) is 2. The summed E-state index contributed by atoms with van der Waals surface area (Å²) in [5, 5.41) is 0. The summed E-state index contributed by atoms with van der Waals surface area (Å²) >= 11 is 0. The standard InChI is InChI=1S/C20H17F3N2O3/c21-20(22,23)17-4-2-1-3-16(17)19(28)25-11-9-24(10-12-25)18(27)15-7-5-14(13-26)6-8-15/h1-8,13H,9-12H2. The number of carbonyl (C=O) groups excluding carboxylic acids is 3. The molecular weight excluding hydrogens is 373 g/mol. The van der Waals surface area contributed by atoms with Gasteiger partial charge >= 0.3 is 6.18 Å². The van der Waals surface area contributed by atoms with Gasteiger partial charge in [0.05, 0.1) is 11.1 Å². The van der Waals surface area contributed by atoms with Gasteiger partial charge in [-0.05, 0) is 24.3 Å². The lowest BCUT2D eigenvalue weighted by atomic mass is 10.1. The van der Waals surface area contributed by atoms with E-state index in [1.165, 1.54) is 34.1 Å². The van der Waals surface area contributed by atoms with Crippen molar-refractivity contribution < 1.29 is 27.6 Å². The van der Waals surface area contributed by atoms with Crippen LogP contribution < -0.4 is 0 Å². The number of benzene rings is 2. The van der Waals surface area contributed by atoms with E-state index >= 15 is 0 Å². The van der Waals surface area contributed by atoms with E-state index in [2.05, 4.69) is 0 Å². The van der Waals surface area contributed by atoms with Crippen LogP contribution in [0.25, 0.3) is 0 Å². The van der Waals surface area contributed by atoms with Crippen LogP contribution in [-0.4, -0.2) is 54.1 Å². The molecule has 2 amide bonds. The Bertz CT molecular complexity index is 886. The third-order valence-electron chi connectivity index (χ3n) is 4.61. The molecule has 0 bridgehead atoms. The molecule has 0 N–H and O–H groups in total. The Morgan fingerprint density at radius 3 is 1.89 bits per heavy atom. The van der Waals surface area contributed by atoms with E-state index in [0.717, 1.165) is 12.1 Å². The Hall–Kier alpha value is -3.16. The number of hydrogen-bond donors (Lipinski definition) is 0. The smallest absolute Gasteiger partial charge is 0.335 e. The molecule has 5 nitrogen and oxygen atoms in total. The summed E-state index contributed by atoms with van der Waals surface area (Å²) in [4.78, 5) is 38.6. The Morgan fingerprint density at radius 1 is 0.821 bits per heavy atom. The second-order valence-corrected chi connectivity index (χ2v) is 6.37. The molecule has 0 aliphatic carbocycles. The van der Waals surface area contributed by atoms with Gasteiger partial charge in [0.25, 0.3) is 11.8 Å². The van der Waals surface area contributed by atoms with Gasteiger partial charge in [-0.15, -0.1) is 0 Å². The van der Waals surface area contributed by atoms with Crippen molar-refractivity contribution in [3.8, 4) is 0 Å². The molecule has 146 valence electrons. The van der Waals surface area contributed by atoms with Gasteiger partial charge < -0.3 is 9.80 Å². The summed E-state index contributed by atoms with van der Waals surface area (Å²) in [6, 6.07) is 10.8. The van der Waals surface area contributed by atoms with Crippen LogP contribution in [0, 0.1) is 0 Å². The maximum Gasteiger partial charge on any atom is 0.417 e. The van der Waals surface area contributed by atoms with Gasteiger partial charge in [-0.1, -0.05) is 24.3 Å². The Balaban J connectivity index is 1.67. The molecule has 0 unspecified atom stereocenters. The van der Waals surface area contributed by atoms with Gasteiger partial charge in [0.2, 0.25) is 0 Å². The Morgan fingerprint density at radius 2 is 1.36 bits per heavy atom. The van der Waals surface area contributed by atoms with Gasteiger partial charge in [0, 0.05) is 37.3 Å². The molecule has 8 heteroatoms. The van der Waals surface area contributed by atoms with Crippen LogP contribution in [0.5, 0.6) is 0 Å². The third kappa shape index (κ3) is 4.05. The summed E-state index contributed by atoms with van der Waals surface area (Å²) in [5.74, 6) is -0.949. The number of rotatable bonds is 3. The van der Waals surface area contributed by atoms with Gasteiger partial charge in [-0.25, -0.2) is 0 Å². The zero-order valence-corrected chi connectivity index (χ0v) is 14.8. The van der Waals surface area contributed by atoms with Gasteiger partial charge in [0.15, 0.2) is 0 Å². The SMILES string of the molecule is O=Cc1ccc(C(=O)N2CCN(C(=O)c3ccccc3C(F)(F)F)CC2)cc1. The van der Waals surface area contributed by atoms with Crippen molar-refractivity contribution in [2.45, 2.75) is 6.18 Å². The van der Waals surface area contributed by atoms with Crippen molar-refractivity contribution >= 4 is 18.1 Å². The molecule has 1 aliphatic rings. The Kier molecular flexibility index (Phi) is 5.48. The lowest BCUT2D eigenvalue weighted by molar-refractivity contribution is -0.138. The first-order valence-corrected chi connectivity index (χ1v) is 8.61. The van der Waals surface area contributed by atoms with E-state index in [1.54, 1.807) is 12.1 Å². The largest absolute Gasteiger partial charge is 0.417 e. The molecule has 0 aromatic heterocycles. The molecule has 1 fully saturated rings. The molecule has 0 atom stereocenters. The minimum absolute atomic E-state index is 0.142.